The van der Waals surface area contributed by atoms with Crippen LogP contribution in [-0.2, 0) is 0 Å². The maximum Gasteiger partial charge on any atom is 0.0310 e. The monoisotopic (exact) mass is 179 g/mol. The standard InChI is InChI=1S/C12H21N/c1-2-12(8-9-12)11(13)10-6-4-3-5-7-10/h6,11H,2-5,7-9,13H2,1H3. The molecule has 1 heteroatoms. The molecule has 1 fully saturated rings. The van der Waals surface area contributed by atoms with Gasteiger partial charge in [-0.05, 0) is 50.4 Å². The van der Waals surface area contributed by atoms with Crippen molar-refractivity contribution in [2.75, 3.05) is 0 Å². The third-order valence-corrected chi connectivity index (χ3v) is 3.98. The second-order valence-electron chi connectivity index (χ2n) is 4.72. The van der Waals surface area contributed by atoms with Crippen molar-refractivity contribution in [2.24, 2.45) is 11.1 Å². The molecular formula is C12H21N. The maximum atomic E-state index is 6.33. The zero-order valence-electron chi connectivity index (χ0n) is 8.68. The zero-order valence-corrected chi connectivity index (χ0v) is 8.68. The molecule has 0 aromatic rings. The highest BCUT2D eigenvalue weighted by Crippen LogP contribution is 2.53. The average Bonchev–Trinajstić information content (AvgIpc) is 2.99. The van der Waals surface area contributed by atoms with Crippen LogP contribution in [0.2, 0.25) is 0 Å². The lowest BCUT2D eigenvalue weighted by Gasteiger charge is -2.26. The minimum Gasteiger partial charge on any atom is -0.324 e. The molecule has 13 heavy (non-hydrogen) atoms. The minimum absolute atomic E-state index is 0.387. The average molecular weight is 179 g/mol. The summed E-state index contributed by atoms with van der Waals surface area (Å²) in [5, 5.41) is 0. The van der Waals surface area contributed by atoms with Gasteiger partial charge in [0, 0.05) is 6.04 Å². The number of allylic oxidation sites excluding steroid dienone is 1. The Kier molecular flexibility index (Phi) is 2.46. The van der Waals surface area contributed by atoms with Gasteiger partial charge in [0.2, 0.25) is 0 Å². The van der Waals surface area contributed by atoms with E-state index in [-0.39, 0.29) is 0 Å². The van der Waals surface area contributed by atoms with Gasteiger partial charge < -0.3 is 5.73 Å². The molecule has 1 atom stereocenters. The third-order valence-electron chi connectivity index (χ3n) is 3.98. The molecule has 0 amide bonds. The van der Waals surface area contributed by atoms with Crippen molar-refractivity contribution < 1.29 is 0 Å². The Balaban J connectivity index is 2.03. The molecule has 0 saturated heterocycles. The molecule has 1 saturated carbocycles. The fourth-order valence-electron chi connectivity index (χ4n) is 2.58. The molecule has 0 aliphatic heterocycles. The summed E-state index contributed by atoms with van der Waals surface area (Å²) in [5.41, 5.74) is 8.41. The zero-order chi connectivity index (χ0) is 9.31. The van der Waals surface area contributed by atoms with E-state index < -0.39 is 0 Å². The van der Waals surface area contributed by atoms with E-state index in [2.05, 4.69) is 13.0 Å². The fourth-order valence-corrected chi connectivity index (χ4v) is 2.58. The van der Waals surface area contributed by atoms with Crippen LogP contribution in [0.1, 0.15) is 51.9 Å². The Morgan fingerprint density at radius 3 is 2.69 bits per heavy atom. The number of rotatable bonds is 3. The van der Waals surface area contributed by atoms with Crippen LogP contribution in [0.4, 0.5) is 0 Å². The topological polar surface area (TPSA) is 26.0 Å². The summed E-state index contributed by atoms with van der Waals surface area (Å²) in [4.78, 5) is 0. The number of hydrogen-bond donors (Lipinski definition) is 1. The molecule has 2 rings (SSSR count). The molecule has 2 aliphatic carbocycles. The molecular weight excluding hydrogens is 158 g/mol. The van der Waals surface area contributed by atoms with E-state index in [9.17, 15) is 0 Å². The normalized spacial score (nSPS) is 28.0. The largest absolute Gasteiger partial charge is 0.324 e. The van der Waals surface area contributed by atoms with Crippen molar-refractivity contribution in [3.05, 3.63) is 11.6 Å². The third kappa shape index (κ3) is 1.67. The predicted molar refractivity (Wildman–Crippen MR) is 56.5 cm³/mol. The molecule has 0 aromatic carbocycles. The summed E-state index contributed by atoms with van der Waals surface area (Å²) >= 11 is 0. The maximum absolute atomic E-state index is 6.33. The quantitative estimate of drug-likeness (QED) is 0.662. The van der Waals surface area contributed by atoms with E-state index in [4.69, 9.17) is 5.73 Å². The Labute approximate surface area is 81.4 Å². The van der Waals surface area contributed by atoms with E-state index in [1.165, 1.54) is 44.9 Å². The van der Waals surface area contributed by atoms with Gasteiger partial charge in [-0.1, -0.05) is 18.6 Å². The summed E-state index contributed by atoms with van der Waals surface area (Å²) in [6.45, 7) is 2.29. The molecule has 1 unspecified atom stereocenters. The Bertz CT molecular complexity index is 213. The van der Waals surface area contributed by atoms with Gasteiger partial charge in [-0.2, -0.15) is 0 Å². The van der Waals surface area contributed by atoms with Crippen LogP contribution < -0.4 is 5.73 Å². The van der Waals surface area contributed by atoms with Crippen LogP contribution in [0.3, 0.4) is 0 Å². The molecule has 0 heterocycles. The SMILES string of the molecule is CCC1(C(N)C2=CCCCC2)CC1. The van der Waals surface area contributed by atoms with Crippen molar-refractivity contribution in [3.8, 4) is 0 Å². The summed E-state index contributed by atoms with van der Waals surface area (Å²) in [5.74, 6) is 0. The minimum atomic E-state index is 0.387. The van der Waals surface area contributed by atoms with Crippen molar-refractivity contribution in [3.63, 3.8) is 0 Å². The molecule has 2 aliphatic rings. The van der Waals surface area contributed by atoms with Crippen LogP contribution >= 0.6 is 0 Å². The van der Waals surface area contributed by atoms with Crippen molar-refractivity contribution in [1.29, 1.82) is 0 Å². The lowest BCUT2D eigenvalue weighted by atomic mass is 9.83. The van der Waals surface area contributed by atoms with E-state index in [1.54, 1.807) is 5.57 Å². The first-order valence-electron chi connectivity index (χ1n) is 5.73. The van der Waals surface area contributed by atoms with Crippen LogP contribution in [0.15, 0.2) is 11.6 Å². The lowest BCUT2D eigenvalue weighted by molar-refractivity contribution is 0.408. The van der Waals surface area contributed by atoms with Crippen molar-refractivity contribution in [2.45, 2.75) is 57.9 Å². The highest BCUT2D eigenvalue weighted by Gasteiger charge is 2.46. The Morgan fingerprint density at radius 2 is 2.23 bits per heavy atom. The second-order valence-corrected chi connectivity index (χ2v) is 4.72. The van der Waals surface area contributed by atoms with Gasteiger partial charge in [0.05, 0.1) is 0 Å². The number of hydrogen-bond acceptors (Lipinski definition) is 1. The molecule has 0 spiro atoms. The van der Waals surface area contributed by atoms with Crippen molar-refractivity contribution >= 4 is 0 Å². The van der Waals surface area contributed by atoms with Gasteiger partial charge in [-0.25, -0.2) is 0 Å². The Morgan fingerprint density at radius 1 is 1.46 bits per heavy atom. The predicted octanol–water partition coefficient (Wildman–Crippen LogP) is 3.00. The fraction of sp³-hybridized carbons (Fsp3) is 0.833. The lowest BCUT2D eigenvalue weighted by Crippen LogP contribution is -2.33. The van der Waals surface area contributed by atoms with E-state index in [1.807, 2.05) is 0 Å². The van der Waals surface area contributed by atoms with Crippen molar-refractivity contribution in [1.82, 2.24) is 0 Å². The van der Waals surface area contributed by atoms with Crippen LogP contribution in [0, 0.1) is 5.41 Å². The second kappa shape index (κ2) is 3.45. The molecule has 1 nitrogen and oxygen atoms in total. The molecule has 74 valence electrons. The van der Waals surface area contributed by atoms with E-state index >= 15 is 0 Å². The summed E-state index contributed by atoms with van der Waals surface area (Å²) in [7, 11) is 0. The first-order chi connectivity index (χ1) is 6.28. The summed E-state index contributed by atoms with van der Waals surface area (Å²) < 4.78 is 0. The van der Waals surface area contributed by atoms with Crippen LogP contribution in [0.5, 0.6) is 0 Å². The van der Waals surface area contributed by atoms with E-state index in [0.29, 0.717) is 11.5 Å². The highest BCUT2D eigenvalue weighted by molar-refractivity contribution is 5.20. The Hall–Kier alpha value is -0.300. The smallest absolute Gasteiger partial charge is 0.0310 e. The number of nitrogens with two attached hydrogens (primary N) is 1. The highest BCUT2D eigenvalue weighted by atomic mass is 14.7. The van der Waals surface area contributed by atoms with Gasteiger partial charge in [-0.3, -0.25) is 0 Å². The van der Waals surface area contributed by atoms with Gasteiger partial charge in [-0.15, -0.1) is 0 Å². The van der Waals surface area contributed by atoms with Gasteiger partial charge in [0.25, 0.3) is 0 Å². The van der Waals surface area contributed by atoms with Gasteiger partial charge in [0.15, 0.2) is 0 Å². The van der Waals surface area contributed by atoms with Gasteiger partial charge in [0.1, 0.15) is 0 Å². The van der Waals surface area contributed by atoms with Crippen LogP contribution in [-0.4, -0.2) is 6.04 Å². The summed E-state index contributed by atoms with van der Waals surface area (Å²) in [6, 6.07) is 0.387. The first-order valence-corrected chi connectivity index (χ1v) is 5.73. The molecule has 0 radical (unpaired) electrons. The summed E-state index contributed by atoms with van der Waals surface area (Å²) in [6.07, 6.45) is 11.7. The molecule has 0 bridgehead atoms. The van der Waals surface area contributed by atoms with E-state index in [0.717, 1.165) is 0 Å². The van der Waals surface area contributed by atoms with Crippen LogP contribution in [0.25, 0.3) is 0 Å². The molecule has 2 N–H and O–H groups in total. The van der Waals surface area contributed by atoms with Gasteiger partial charge >= 0.3 is 0 Å². The molecule has 0 aromatic heterocycles. The first kappa shape index (κ1) is 9.26.